The Balaban J connectivity index is 2.22. The lowest BCUT2D eigenvalue weighted by Gasteiger charge is -2.05. The van der Waals surface area contributed by atoms with Crippen molar-refractivity contribution in [3.63, 3.8) is 0 Å². The van der Waals surface area contributed by atoms with Crippen molar-refractivity contribution in [1.82, 2.24) is 9.88 Å². The molecule has 2 N–H and O–H groups in total. The Morgan fingerprint density at radius 3 is 2.88 bits per heavy atom. The van der Waals surface area contributed by atoms with Crippen LogP contribution in [0.3, 0.4) is 0 Å². The monoisotopic (exact) mass is 232 g/mol. The van der Waals surface area contributed by atoms with Crippen LogP contribution in [0.15, 0.2) is 30.5 Å². The molecular weight excluding hydrogens is 216 g/mol. The SMILES string of the molecule is CC(O)C(=O)NCc1cn(C)c2ccccc12. The molecule has 0 aliphatic carbocycles. The first-order valence-corrected chi connectivity index (χ1v) is 5.58. The van der Waals surface area contributed by atoms with Crippen LogP contribution in [-0.4, -0.2) is 21.7 Å². The van der Waals surface area contributed by atoms with Gasteiger partial charge in [-0.15, -0.1) is 0 Å². The lowest BCUT2D eigenvalue weighted by atomic mass is 10.2. The standard InChI is InChI=1S/C13H16N2O2/c1-9(16)13(17)14-7-10-8-15(2)12-6-4-3-5-11(10)12/h3-6,8-9,16H,7H2,1-2H3,(H,14,17). The van der Waals surface area contributed by atoms with Crippen molar-refractivity contribution >= 4 is 16.8 Å². The van der Waals surface area contributed by atoms with Crippen molar-refractivity contribution in [2.75, 3.05) is 0 Å². The van der Waals surface area contributed by atoms with Gasteiger partial charge < -0.3 is 15.0 Å². The topological polar surface area (TPSA) is 54.3 Å². The highest BCUT2D eigenvalue weighted by atomic mass is 16.3. The molecule has 0 bridgehead atoms. The maximum absolute atomic E-state index is 11.3. The second-order valence-corrected chi connectivity index (χ2v) is 4.18. The molecule has 1 aromatic carbocycles. The van der Waals surface area contributed by atoms with Crippen LogP contribution in [0.2, 0.25) is 0 Å². The fourth-order valence-electron chi connectivity index (χ4n) is 1.90. The maximum atomic E-state index is 11.3. The number of aryl methyl sites for hydroxylation is 1. The zero-order valence-corrected chi connectivity index (χ0v) is 9.97. The first-order chi connectivity index (χ1) is 8.09. The van der Waals surface area contributed by atoms with Gasteiger partial charge in [-0.25, -0.2) is 0 Å². The van der Waals surface area contributed by atoms with Crippen LogP contribution in [-0.2, 0) is 18.4 Å². The quantitative estimate of drug-likeness (QED) is 0.834. The number of amides is 1. The van der Waals surface area contributed by atoms with Crippen LogP contribution < -0.4 is 5.32 Å². The summed E-state index contributed by atoms with van der Waals surface area (Å²) in [7, 11) is 1.97. The average molecular weight is 232 g/mol. The molecular formula is C13H16N2O2. The number of hydrogen-bond acceptors (Lipinski definition) is 2. The number of benzene rings is 1. The number of nitrogens with one attached hydrogen (secondary N) is 1. The number of carbonyl (C=O) groups is 1. The van der Waals surface area contributed by atoms with Crippen molar-refractivity contribution in [2.24, 2.45) is 7.05 Å². The van der Waals surface area contributed by atoms with E-state index in [9.17, 15) is 4.79 Å². The Morgan fingerprint density at radius 2 is 2.18 bits per heavy atom. The Bertz CT molecular complexity index is 543. The molecule has 0 aliphatic rings. The normalized spacial score (nSPS) is 12.6. The number of rotatable bonds is 3. The highest BCUT2D eigenvalue weighted by Gasteiger charge is 2.10. The van der Waals surface area contributed by atoms with Crippen molar-refractivity contribution in [2.45, 2.75) is 19.6 Å². The maximum Gasteiger partial charge on any atom is 0.248 e. The first-order valence-electron chi connectivity index (χ1n) is 5.58. The van der Waals surface area contributed by atoms with E-state index in [0.717, 1.165) is 16.5 Å². The number of nitrogens with zero attached hydrogens (tertiary/aromatic N) is 1. The minimum atomic E-state index is -0.968. The summed E-state index contributed by atoms with van der Waals surface area (Å²) in [6.07, 6.45) is 1.03. The van der Waals surface area contributed by atoms with Crippen LogP contribution in [0.25, 0.3) is 10.9 Å². The molecule has 1 atom stereocenters. The average Bonchev–Trinajstić information content (AvgIpc) is 2.64. The number of aromatic nitrogens is 1. The lowest BCUT2D eigenvalue weighted by Crippen LogP contribution is -2.31. The molecule has 4 heteroatoms. The van der Waals surface area contributed by atoms with E-state index in [0.29, 0.717) is 6.54 Å². The molecule has 4 nitrogen and oxygen atoms in total. The lowest BCUT2D eigenvalue weighted by molar-refractivity contribution is -0.128. The van der Waals surface area contributed by atoms with Gasteiger partial charge in [0, 0.05) is 30.7 Å². The smallest absolute Gasteiger partial charge is 0.248 e. The van der Waals surface area contributed by atoms with Crippen molar-refractivity contribution in [1.29, 1.82) is 0 Å². The summed E-state index contributed by atoms with van der Waals surface area (Å²) in [4.78, 5) is 11.3. The zero-order chi connectivity index (χ0) is 12.4. The van der Waals surface area contributed by atoms with Crippen molar-refractivity contribution in [3.05, 3.63) is 36.0 Å². The Morgan fingerprint density at radius 1 is 1.47 bits per heavy atom. The molecule has 0 spiro atoms. The summed E-state index contributed by atoms with van der Waals surface area (Å²) in [5.41, 5.74) is 2.19. The van der Waals surface area contributed by atoms with Gasteiger partial charge in [-0.05, 0) is 18.6 Å². The van der Waals surface area contributed by atoms with Crippen LogP contribution in [0.5, 0.6) is 0 Å². The largest absolute Gasteiger partial charge is 0.384 e. The second kappa shape index (κ2) is 4.59. The molecule has 0 aliphatic heterocycles. The van der Waals surface area contributed by atoms with Gasteiger partial charge in [0.2, 0.25) is 5.91 Å². The minimum Gasteiger partial charge on any atom is -0.384 e. The fraction of sp³-hybridized carbons (Fsp3) is 0.308. The molecule has 1 heterocycles. The molecule has 0 saturated carbocycles. The van der Waals surface area contributed by atoms with Gasteiger partial charge in [0.05, 0.1) is 0 Å². The number of aliphatic hydroxyl groups excluding tert-OH is 1. The molecule has 17 heavy (non-hydrogen) atoms. The van der Waals surface area contributed by atoms with Crippen LogP contribution in [0.4, 0.5) is 0 Å². The molecule has 1 amide bonds. The summed E-state index contributed by atoms with van der Waals surface area (Å²) in [5, 5.41) is 12.9. The number of hydrogen-bond donors (Lipinski definition) is 2. The van der Waals surface area contributed by atoms with Crippen LogP contribution >= 0.6 is 0 Å². The number of fused-ring (bicyclic) bond motifs is 1. The van der Waals surface area contributed by atoms with E-state index in [1.807, 2.05) is 42.1 Å². The molecule has 2 aromatic rings. The second-order valence-electron chi connectivity index (χ2n) is 4.18. The molecule has 0 saturated heterocycles. The summed E-state index contributed by atoms with van der Waals surface area (Å²) < 4.78 is 2.03. The fourth-order valence-corrected chi connectivity index (χ4v) is 1.90. The Labute approximate surface area is 99.9 Å². The summed E-state index contributed by atoms with van der Waals surface area (Å²) in [6.45, 7) is 1.89. The van der Waals surface area contributed by atoms with Crippen molar-refractivity contribution in [3.8, 4) is 0 Å². The highest BCUT2D eigenvalue weighted by Crippen LogP contribution is 2.19. The number of carbonyl (C=O) groups excluding carboxylic acids is 1. The summed E-state index contributed by atoms with van der Waals surface area (Å²) in [6, 6.07) is 8.03. The summed E-state index contributed by atoms with van der Waals surface area (Å²) >= 11 is 0. The van der Waals surface area contributed by atoms with Gasteiger partial charge in [-0.2, -0.15) is 0 Å². The van der Waals surface area contributed by atoms with Gasteiger partial charge in [0.15, 0.2) is 0 Å². The van der Waals surface area contributed by atoms with Gasteiger partial charge in [-0.1, -0.05) is 18.2 Å². The molecule has 2 rings (SSSR count). The minimum absolute atomic E-state index is 0.349. The van der Waals surface area contributed by atoms with E-state index < -0.39 is 6.10 Å². The predicted molar refractivity (Wildman–Crippen MR) is 66.4 cm³/mol. The van der Waals surface area contributed by atoms with Gasteiger partial charge in [0.25, 0.3) is 0 Å². The van der Waals surface area contributed by atoms with Crippen molar-refractivity contribution < 1.29 is 9.90 Å². The van der Waals surface area contributed by atoms with E-state index in [4.69, 9.17) is 5.11 Å². The molecule has 0 fully saturated rings. The third kappa shape index (κ3) is 2.31. The molecule has 90 valence electrons. The first kappa shape index (κ1) is 11.7. The zero-order valence-electron chi connectivity index (χ0n) is 9.97. The molecule has 0 radical (unpaired) electrons. The van der Waals surface area contributed by atoms with E-state index in [1.165, 1.54) is 6.92 Å². The number of para-hydroxylation sites is 1. The Hall–Kier alpha value is -1.81. The van der Waals surface area contributed by atoms with Crippen LogP contribution in [0, 0.1) is 0 Å². The van der Waals surface area contributed by atoms with E-state index in [-0.39, 0.29) is 5.91 Å². The number of aliphatic hydroxyl groups is 1. The van der Waals surface area contributed by atoms with E-state index >= 15 is 0 Å². The molecule has 1 aromatic heterocycles. The van der Waals surface area contributed by atoms with Crippen LogP contribution in [0.1, 0.15) is 12.5 Å². The Kier molecular flexibility index (Phi) is 3.15. The molecule has 1 unspecified atom stereocenters. The van der Waals surface area contributed by atoms with Gasteiger partial charge >= 0.3 is 0 Å². The third-order valence-corrected chi connectivity index (χ3v) is 2.81. The van der Waals surface area contributed by atoms with Gasteiger partial charge in [0.1, 0.15) is 6.10 Å². The highest BCUT2D eigenvalue weighted by molar-refractivity contribution is 5.85. The summed E-state index contributed by atoms with van der Waals surface area (Å²) in [5.74, 6) is -0.349. The van der Waals surface area contributed by atoms with E-state index in [2.05, 4.69) is 5.32 Å². The van der Waals surface area contributed by atoms with Gasteiger partial charge in [-0.3, -0.25) is 4.79 Å². The van der Waals surface area contributed by atoms with E-state index in [1.54, 1.807) is 0 Å². The predicted octanol–water partition coefficient (Wildman–Crippen LogP) is 1.18. The third-order valence-electron chi connectivity index (χ3n) is 2.81.